The van der Waals surface area contributed by atoms with E-state index in [1.54, 1.807) is 0 Å². The average molecular weight is 313 g/mol. The Morgan fingerprint density at radius 3 is 2.56 bits per heavy atom. The summed E-state index contributed by atoms with van der Waals surface area (Å²) in [5.41, 5.74) is 0. The van der Waals surface area contributed by atoms with Gasteiger partial charge in [-0.15, -0.1) is 0 Å². The predicted molar refractivity (Wildman–Crippen MR) is 69.7 cm³/mol. The van der Waals surface area contributed by atoms with Crippen molar-refractivity contribution in [2.45, 2.75) is 32.8 Å². The van der Waals surface area contributed by atoms with E-state index in [4.69, 9.17) is 4.74 Å². The highest BCUT2D eigenvalue weighted by Gasteiger charge is 2.32. The van der Waals surface area contributed by atoms with E-state index in [9.17, 15) is 8.42 Å². The highest BCUT2D eigenvalue weighted by molar-refractivity contribution is 9.09. The standard InChI is InChI=1S/C11H21BrO3S/c1-9(2)15-5-3-10(7-12)11-4-6-16(13,14)8-11/h9-11H,3-8H2,1-2H3. The summed E-state index contributed by atoms with van der Waals surface area (Å²) in [5.74, 6) is 1.48. The van der Waals surface area contributed by atoms with E-state index in [1.165, 1.54) is 0 Å². The van der Waals surface area contributed by atoms with E-state index in [1.807, 2.05) is 13.8 Å². The van der Waals surface area contributed by atoms with Crippen LogP contribution in [0.1, 0.15) is 26.7 Å². The van der Waals surface area contributed by atoms with Crippen LogP contribution >= 0.6 is 15.9 Å². The Hall–Kier alpha value is 0.390. The molecule has 0 amide bonds. The first kappa shape index (κ1) is 14.5. The molecule has 0 aromatic rings. The van der Waals surface area contributed by atoms with Crippen LogP contribution in [0, 0.1) is 11.8 Å². The van der Waals surface area contributed by atoms with E-state index in [0.29, 0.717) is 23.3 Å². The quantitative estimate of drug-likeness (QED) is 0.707. The largest absolute Gasteiger partial charge is 0.379 e. The van der Waals surface area contributed by atoms with Crippen LogP contribution in [0.2, 0.25) is 0 Å². The van der Waals surface area contributed by atoms with Gasteiger partial charge in [0.15, 0.2) is 9.84 Å². The van der Waals surface area contributed by atoms with Crippen LogP contribution in [0.15, 0.2) is 0 Å². The first-order valence-electron chi connectivity index (χ1n) is 5.82. The van der Waals surface area contributed by atoms with Gasteiger partial charge in [-0.25, -0.2) is 8.42 Å². The second kappa shape index (κ2) is 6.36. The third-order valence-electron chi connectivity index (χ3n) is 3.07. The van der Waals surface area contributed by atoms with Gasteiger partial charge in [0.05, 0.1) is 17.6 Å². The monoisotopic (exact) mass is 312 g/mol. The lowest BCUT2D eigenvalue weighted by atomic mass is 9.91. The lowest BCUT2D eigenvalue weighted by Crippen LogP contribution is -2.20. The molecule has 2 atom stereocenters. The Balaban J connectivity index is 2.37. The Labute approximate surface area is 107 Å². The molecule has 5 heteroatoms. The van der Waals surface area contributed by atoms with E-state index < -0.39 is 9.84 Å². The molecule has 0 aromatic heterocycles. The number of rotatable bonds is 6. The summed E-state index contributed by atoms with van der Waals surface area (Å²) in [5, 5.41) is 0.870. The molecule has 1 aliphatic rings. The Kier molecular flexibility index (Phi) is 5.74. The molecule has 1 fully saturated rings. The summed E-state index contributed by atoms with van der Waals surface area (Å²) in [6.07, 6.45) is 2.02. The number of alkyl halides is 1. The van der Waals surface area contributed by atoms with Crippen LogP contribution in [-0.4, -0.2) is 38.0 Å². The van der Waals surface area contributed by atoms with Gasteiger partial charge in [-0.3, -0.25) is 0 Å². The Bertz CT molecular complexity index is 300. The lowest BCUT2D eigenvalue weighted by Gasteiger charge is -2.20. The summed E-state index contributed by atoms with van der Waals surface area (Å²) < 4.78 is 28.3. The smallest absolute Gasteiger partial charge is 0.150 e. The van der Waals surface area contributed by atoms with E-state index >= 15 is 0 Å². The van der Waals surface area contributed by atoms with Crippen LogP contribution in [0.25, 0.3) is 0 Å². The predicted octanol–water partition coefficient (Wildman–Crippen LogP) is 2.25. The molecule has 1 heterocycles. The van der Waals surface area contributed by atoms with Crippen LogP contribution in [0.4, 0.5) is 0 Å². The van der Waals surface area contributed by atoms with Crippen molar-refractivity contribution in [2.24, 2.45) is 11.8 Å². The second-order valence-corrected chi connectivity index (χ2v) is 7.66. The van der Waals surface area contributed by atoms with Gasteiger partial charge in [0, 0.05) is 11.9 Å². The lowest BCUT2D eigenvalue weighted by molar-refractivity contribution is 0.0660. The Morgan fingerprint density at radius 1 is 1.44 bits per heavy atom. The number of ether oxygens (including phenoxy) is 1. The first-order valence-corrected chi connectivity index (χ1v) is 8.77. The third kappa shape index (κ3) is 4.72. The molecule has 1 saturated heterocycles. The van der Waals surface area contributed by atoms with Crippen molar-refractivity contribution in [3.05, 3.63) is 0 Å². The molecule has 1 rings (SSSR count). The fourth-order valence-corrected chi connectivity index (χ4v) is 4.86. The molecule has 0 aliphatic carbocycles. The minimum Gasteiger partial charge on any atom is -0.379 e. The minimum absolute atomic E-state index is 0.253. The fraction of sp³-hybridized carbons (Fsp3) is 1.00. The van der Waals surface area contributed by atoms with Crippen LogP contribution in [-0.2, 0) is 14.6 Å². The van der Waals surface area contributed by atoms with Gasteiger partial charge in [-0.1, -0.05) is 15.9 Å². The van der Waals surface area contributed by atoms with Crippen molar-refractivity contribution in [3.8, 4) is 0 Å². The highest BCUT2D eigenvalue weighted by Crippen LogP contribution is 2.29. The van der Waals surface area contributed by atoms with E-state index in [2.05, 4.69) is 15.9 Å². The second-order valence-electron chi connectivity index (χ2n) is 4.79. The van der Waals surface area contributed by atoms with Gasteiger partial charge in [-0.2, -0.15) is 0 Å². The molecule has 0 bridgehead atoms. The summed E-state index contributed by atoms with van der Waals surface area (Å²) in [6, 6.07) is 0. The average Bonchev–Trinajstić information content (AvgIpc) is 2.53. The molecule has 96 valence electrons. The van der Waals surface area contributed by atoms with Gasteiger partial charge < -0.3 is 4.74 Å². The topological polar surface area (TPSA) is 43.4 Å². The maximum Gasteiger partial charge on any atom is 0.150 e. The maximum atomic E-state index is 11.4. The zero-order valence-corrected chi connectivity index (χ0v) is 12.4. The van der Waals surface area contributed by atoms with Crippen molar-refractivity contribution in [1.29, 1.82) is 0 Å². The summed E-state index contributed by atoms with van der Waals surface area (Å²) >= 11 is 3.48. The van der Waals surface area contributed by atoms with Crippen molar-refractivity contribution in [1.82, 2.24) is 0 Å². The zero-order chi connectivity index (χ0) is 12.2. The molecule has 3 nitrogen and oxygen atoms in total. The molecule has 0 radical (unpaired) electrons. The Morgan fingerprint density at radius 2 is 2.12 bits per heavy atom. The van der Waals surface area contributed by atoms with Crippen LogP contribution < -0.4 is 0 Å². The van der Waals surface area contributed by atoms with Crippen LogP contribution in [0.3, 0.4) is 0 Å². The summed E-state index contributed by atoms with van der Waals surface area (Å²) in [6.45, 7) is 4.76. The van der Waals surface area contributed by atoms with Gasteiger partial charge in [0.1, 0.15) is 0 Å². The van der Waals surface area contributed by atoms with Gasteiger partial charge in [0.25, 0.3) is 0 Å². The maximum absolute atomic E-state index is 11.4. The third-order valence-corrected chi connectivity index (χ3v) is 5.70. The van der Waals surface area contributed by atoms with Crippen molar-refractivity contribution < 1.29 is 13.2 Å². The normalized spacial score (nSPS) is 26.1. The van der Waals surface area contributed by atoms with Gasteiger partial charge >= 0.3 is 0 Å². The van der Waals surface area contributed by atoms with Crippen molar-refractivity contribution >= 4 is 25.8 Å². The van der Waals surface area contributed by atoms with Crippen molar-refractivity contribution in [3.63, 3.8) is 0 Å². The molecule has 0 spiro atoms. The molecular weight excluding hydrogens is 292 g/mol. The molecule has 16 heavy (non-hydrogen) atoms. The number of halogens is 1. The van der Waals surface area contributed by atoms with Gasteiger partial charge in [-0.05, 0) is 38.5 Å². The zero-order valence-electron chi connectivity index (χ0n) is 9.99. The van der Waals surface area contributed by atoms with Crippen molar-refractivity contribution in [2.75, 3.05) is 23.4 Å². The molecule has 0 saturated carbocycles. The first-order chi connectivity index (χ1) is 7.44. The van der Waals surface area contributed by atoms with E-state index in [-0.39, 0.29) is 6.10 Å². The minimum atomic E-state index is -2.75. The van der Waals surface area contributed by atoms with Gasteiger partial charge in [0.2, 0.25) is 0 Å². The molecule has 0 aromatic carbocycles. The fourth-order valence-electron chi connectivity index (χ4n) is 2.09. The molecule has 0 N–H and O–H groups in total. The summed E-state index contributed by atoms with van der Waals surface area (Å²) in [7, 11) is -2.75. The molecule has 1 aliphatic heterocycles. The highest BCUT2D eigenvalue weighted by atomic mass is 79.9. The van der Waals surface area contributed by atoms with Crippen LogP contribution in [0.5, 0.6) is 0 Å². The van der Waals surface area contributed by atoms with E-state index in [0.717, 1.165) is 24.8 Å². The number of sulfone groups is 1. The SMILES string of the molecule is CC(C)OCCC(CBr)C1CCS(=O)(=O)C1. The number of hydrogen-bond acceptors (Lipinski definition) is 3. The molecule has 2 unspecified atom stereocenters. The number of hydrogen-bond donors (Lipinski definition) is 0. The molecular formula is C11H21BrO3S. The summed E-state index contributed by atoms with van der Waals surface area (Å²) in [4.78, 5) is 0.